The first-order valence-corrected chi connectivity index (χ1v) is 9.89. The van der Waals surface area contributed by atoms with Crippen LogP contribution in [0.15, 0.2) is 42.5 Å². The molecule has 2 aromatic rings. The van der Waals surface area contributed by atoms with Crippen molar-refractivity contribution in [3.8, 4) is 6.07 Å². The second-order valence-electron chi connectivity index (χ2n) is 6.27. The van der Waals surface area contributed by atoms with Crippen molar-refractivity contribution in [1.82, 2.24) is 5.32 Å². The molecule has 4 heteroatoms. The fourth-order valence-electron chi connectivity index (χ4n) is 3.15. The van der Waals surface area contributed by atoms with Gasteiger partial charge in [0.1, 0.15) is 0 Å². The van der Waals surface area contributed by atoms with Crippen LogP contribution in [0.4, 0.5) is 0 Å². The molecule has 0 aliphatic heterocycles. The summed E-state index contributed by atoms with van der Waals surface area (Å²) in [5, 5.41) is 12.1. The van der Waals surface area contributed by atoms with E-state index in [1.54, 1.807) is 11.8 Å². The molecule has 1 aliphatic carbocycles. The monoisotopic (exact) mass is 350 g/mol. The Hall–Kier alpha value is -2.25. The summed E-state index contributed by atoms with van der Waals surface area (Å²) in [6, 6.07) is 16.0. The maximum atomic E-state index is 12.3. The molecule has 0 spiro atoms. The third kappa shape index (κ3) is 4.64. The molecule has 1 amide bonds. The van der Waals surface area contributed by atoms with Crippen molar-refractivity contribution in [2.45, 2.75) is 31.4 Å². The number of nitriles is 1. The number of rotatable bonds is 6. The van der Waals surface area contributed by atoms with E-state index in [0.717, 1.165) is 41.0 Å². The van der Waals surface area contributed by atoms with Crippen molar-refractivity contribution in [3.05, 3.63) is 70.3 Å². The Morgan fingerprint density at radius 2 is 1.92 bits per heavy atom. The van der Waals surface area contributed by atoms with Gasteiger partial charge in [-0.15, -0.1) is 0 Å². The Balaban J connectivity index is 1.44. The minimum absolute atomic E-state index is 0.00592. The lowest BCUT2D eigenvalue weighted by Gasteiger charge is -2.16. The van der Waals surface area contributed by atoms with Gasteiger partial charge in [0.25, 0.3) is 5.91 Å². The molecule has 0 atom stereocenters. The van der Waals surface area contributed by atoms with E-state index in [4.69, 9.17) is 5.26 Å². The molecule has 2 aromatic carbocycles. The lowest BCUT2D eigenvalue weighted by Crippen LogP contribution is -2.26. The summed E-state index contributed by atoms with van der Waals surface area (Å²) in [7, 11) is 0. The van der Waals surface area contributed by atoms with E-state index in [9.17, 15) is 4.79 Å². The van der Waals surface area contributed by atoms with Gasteiger partial charge in [-0.1, -0.05) is 24.3 Å². The molecule has 3 rings (SSSR count). The number of nitrogens with zero attached hydrogens (tertiary/aromatic N) is 1. The van der Waals surface area contributed by atoms with E-state index in [1.165, 1.54) is 24.0 Å². The first-order valence-electron chi connectivity index (χ1n) is 8.73. The number of benzene rings is 2. The van der Waals surface area contributed by atoms with E-state index in [0.29, 0.717) is 6.54 Å². The topological polar surface area (TPSA) is 52.9 Å². The van der Waals surface area contributed by atoms with Crippen LogP contribution in [-0.2, 0) is 18.6 Å². The van der Waals surface area contributed by atoms with Gasteiger partial charge < -0.3 is 5.32 Å². The Kier molecular flexibility index (Phi) is 6.14. The second-order valence-corrected chi connectivity index (χ2v) is 7.37. The average molecular weight is 350 g/mol. The predicted octanol–water partition coefficient (Wildman–Crippen LogP) is 4.10. The number of fused-ring (bicyclic) bond motifs is 1. The summed E-state index contributed by atoms with van der Waals surface area (Å²) in [6.45, 7) is 0.634. The van der Waals surface area contributed by atoms with Crippen LogP contribution < -0.4 is 5.32 Å². The fraction of sp³-hybridized carbons (Fsp3) is 0.333. The van der Waals surface area contributed by atoms with Crippen molar-refractivity contribution < 1.29 is 4.79 Å². The number of amides is 1. The first kappa shape index (κ1) is 17.6. The van der Waals surface area contributed by atoms with E-state index < -0.39 is 0 Å². The Morgan fingerprint density at radius 3 is 2.76 bits per heavy atom. The summed E-state index contributed by atoms with van der Waals surface area (Å²) in [5.41, 5.74) is 5.28. The SMILES string of the molecule is N#Cc1ccccc1CSCCNC(=O)c1ccc2c(c1)CCCC2. The number of hydrogen-bond acceptors (Lipinski definition) is 3. The van der Waals surface area contributed by atoms with E-state index in [2.05, 4.69) is 23.5 Å². The van der Waals surface area contributed by atoms with Gasteiger partial charge in [0.2, 0.25) is 0 Å². The molecule has 0 radical (unpaired) electrons. The highest BCUT2D eigenvalue weighted by Crippen LogP contribution is 2.22. The maximum Gasteiger partial charge on any atom is 0.251 e. The highest BCUT2D eigenvalue weighted by Gasteiger charge is 2.12. The number of aryl methyl sites for hydroxylation is 2. The maximum absolute atomic E-state index is 12.3. The fourth-order valence-corrected chi connectivity index (χ4v) is 4.01. The molecule has 25 heavy (non-hydrogen) atoms. The molecule has 0 unspecified atom stereocenters. The number of carbonyl (C=O) groups excluding carboxylic acids is 1. The van der Waals surface area contributed by atoms with Crippen molar-refractivity contribution in [3.63, 3.8) is 0 Å². The van der Waals surface area contributed by atoms with Crippen LogP contribution in [-0.4, -0.2) is 18.2 Å². The number of nitrogens with one attached hydrogen (secondary N) is 1. The van der Waals surface area contributed by atoms with Gasteiger partial charge in [0.05, 0.1) is 11.6 Å². The first-order chi connectivity index (χ1) is 12.3. The van der Waals surface area contributed by atoms with Gasteiger partial charge in [-0.25, -0.2) is 0 Å². The average Bonchev–Trinajstić information content (AvgIpc) is 2.67. The molecule has 1 N–H and O–H groups in total. The molecule has 0 aromatic heterocycles. The van der Waals surface area contributed by atoms with Crippen LogP contribution in [0.1, 0.15) is 45.5 Å². The molecule has 0 fully saturated rings. The molecule has 0 saturated carbocycles. The van der Waals surface area contributed by atoms with Crippen molar-refractivity contribution in [1.29, 1.82) is 5.26 Å². The Bertz CT molecular complexity index is 795. The zero-order valence-corrected chi connectivity index (χ0v) is 15.1. The van der Waals surface area contributed by atoms with Gasteiger partial charge in [0.15, 0.2) is 0 Å². The molecule has 1 aliphatic rings. The van der Waals surface area contributed by atoms with Crippen molar-refractivity contribution >= 4 is 17.7 Å². The summed E-state index contributed by atoms with van der Waals surface area (Å²) < 4.78 is 0. The Morgan fingerprint density at radius 1 is 1.12 bits per heavy atom. The molecule has 0 bridgehead atoms. The highest BCUT2D eigenvalue weighted by atomic mass is 32.2. The molecular formula is C21H22N2OS. The zero-order valence-electron chi connectivity index (χ0n) is 14.3. The highest BCUT2D eigenvalue weighted by molar-refractivity contribution is 7.98. The van der Waals surface area contributed by atoms with Crippen LogP contribution in [0.2, 0.25) is 0 Å². The molecule has 0 saturated heterocycles. The predicted molar refractivity (Wildman–Crippen MR) is 103 cm³/mol. The molecule has 0 heterocycles. The Labute approximate surface area is 153 Å². The second kappa shape index (κ2) is 8.73. The molecule has 3 nitrogen and oxygen atoms in total. The minimum Gasteiger partial charge on any atom is -0.351 e. The number of thioether (sulfide) groups is 1. The molecule has 128 valence electrons. The van der Waals surface area contributed by atoms with Gasteiger partial charge in [-0.05, 0) is 60.6 Å². The quantitative estimate of drug-likeness (QED) is 0.798. The zero-order chi connectivity index (χ0) is 17.5. The van der Waals surface area contributed by atoms with E-state index in [1.807, 2.05) is 30.3 Å². The third-order valence-corrected chi connectivity index (χ3v) is 5.55. The summed E-state index contributed by atoms with van der Waals surface area (Å²) in [5.74, 6) is 1.63. The summed E-state index contributed by atoms with van der Waals surface area (Å²) in [4.78, 5) is 12.3. The van der Waals surface area contributed by atoms with E-state index in [-0.39, 0.29) is 5.91 Å². The number of carbonyl (C=O) groups is 1. The van der Waals surface area contributed by atoms with Crippen LogP contribution in [0.3, 0.4) is 0 Å². The van der Waals surface area contributed by atoms with Gasteiger partial charge in [-0.3, -0.25) is 4.79 Å². The van der Waals surface area contributed by atoms with Gasteiger partial charge in [-0.2, -0.15) is 17.0 Å². The van der Waals surface area contributed by atoms with Crippen LogP contribution in [0.25, 0.3) is 0 Å². The normalized spacial score (nSPS) is 12.9. The number of hydrogen-bond donors (Lipinski definition) is 1. The van der Waals surface area contributed by atoms with Gasteiger partial charge >= 0.3 is 0 Å². The van der Waals surface area contributed by atoms with Crippen LogP contribution >= 0.6 is 11.8 Å². The van der Waals surface area contributed by atoms with Crippen molar-refractivity contribution in [2.75, 3.05) is 12.3 Å². The third-order valence-electron chi connectivity index (χ3n) is 4.54. The smallest absolute Gasteiger partial charge is 0.251 e. The van der Waals surface area contributed by atoms with Crippen LogP contribution in [0.5, 0.6) is 0 Å². The van der Waals surface area contributed by atoms with Crippen molar-refractivity contribution in [2.24, 2.45) is 0 Å². The largest absolute Gasteiger partial charge is 0.351 e. The standard InChI is InChI=1S/C21H22N2OS/c22-14-19-7-3-4-8-20(19)15-25-12-11-23-21(24)18-10-9-16-5-1-2-6-17(16)13-18/h3-4,7-10,13H,1-2,5-6,11-12,15H2,(H,23,24). The van der Waals surface area contributed by atoms with Crippen LogP contribution in [0, 0.1) is 11.3 Å². The lowest BCUT2D eigenvalue weighted by atomic mass is 9.90. The minimum atomic E-state index is 0.00592. The molecular weight excluding hydrogens is 328 g/mol. The lowest BCUT2D eigenvalue weighted by molar-refractivity contribution is 0.0956. The van der Waals surface area contributed by atoms with E-state index >= 15 is 0 Å². The van der Waals surface area contributed by atoms with Gasteiger partial charge in [0, 0.05) is 23.6 Å². The summed E-state index contributed by atoms with van der Waals surface area (Å²) >= 11 is 1.73. The summed E-state index contributed by atoms with van der Waals surface area (Å²) in [6.07, 6.45) is 4.70.